The molecule has 1 aliphatic heterocycles. The van der Waals surface area contributed by atoms with Crippen molar-refractivity contribution in [2.24, 2.45) is 0 Å². The van der Waals surface area contributed by atoms with Crippen molar-refractivity contribution >= 4 is 17.3 Å². The molecule has 1 fully saturated rings. The molecule has 0 aliphatic carbocycles. The predicted octanol–water partition coefficient (Wildman–Crippen LogP) is 2.96. The Morgan fingerprint density at radius 2 is 1.87 bits per heavy atom. The number of aryl methyl sites for hydroxylation is 1. The lowest BCUT2D eigenvalue weighted by molar-refractivity contribution is 0.102. The smallest absolute Gasteiger partial charge is 0.255 e. The number of nitrogens with zero attached hydrogens (tertiary/aromatic N) is 2. The van der Waals surface area contributed by atoms with Gasteiger partial charge in [-0.3, -0.25) is 9.59 Å². The summed E-state index contributed by atoms with van der Waals surface area (Å²) in [5, 5.41) is 12.5. The fraction of sp³-hybridized carbons (Fsp3) is 0.261. The Labute approximate surface area is 174 Å². The number of benzene rings is 2. The van der Waals surface area contributed by atoms with Crippen LogP contribution in [0.5, 0.6) is 0 Å². The van der Waals surface area contributed by atoms with Crippen LogP contribution >= 0.6 is 0 Å². The van der Waals surface area contributed by atoms with Crippen molar-refractivity contribution in [3.8, 4) is 11.4 Å². The van der Waals surface area contributed by atoms with Crippen molar-refractivity contribution in [2.75, 3.05) is 23.3 Å². The lowest BCUT2D eigenvalue weighted by Crippen LogP contribution is -2.35. The molecule has 2 aromatic carbocycles. The number of amides is 1. The van der Waals surface area contributed by atoms with Gasteiger partial charge < -0.3 is 20.3 Å². The van der Waals surface area contributed by atoms with Gasteiger partial charge in [-0.15, -0.1) is 0 Å². The fourth-order valence-corrected chi connectivity index (χ4v) is 3.61. The maximum absolute atomic E-state index is 12.7. The summed E-state index contributed by atoms with van der Waals surface area (Å²) < 4.78 is 0. The van der Waals surface area contributed by atoms with E-state index in [2.05, 4.69) is 20.2 Å². The first kappa shape index (κ1) is 19.8. The van der Waals surface area contributed by atoms with Gasteiger partial charge in [-0.2, -0.15) is 0 Å². The van der Waals surface area contributed by atoms with Crippen molar-refractivity contribution in [1.82, 2.24) is 9.97 Å². The molecule has 30 heavy (non-hydrogen) atoms. The highest BCUT2D eigenvalue weighted by Gasteiger charge is 2.17. The van der Waals surface area contributed by atoms with Crippen LogP contribution in [0.1, 0.15) is 28.9 Å². The number of nitrogens with one attached hydrogen (secondary N) is 2. The highest BCUT2D eigenvalue weighted by Crippen LogP contribution is 2.22. The topological polar surface area (TPSA) is 98.3 Å². The lowest BCUT2D eigenvalue weighted by atomic mass is 10.1. The van der Waals surface area contributed by atoms with Gasteiger partial charge in [-0.05, 0) is 56.2 Å². The Kier molecular flexibility index (Phi) is 5.63. The van der Waals surface area contributed by atoms with Crippen LogP contribution in [0.3, 0.4) is 0 Å². The quantitative estimate of drug-likeness (QED) is 0.621. The summed E-state index contributed by atoms with van der Waals surface area (Å²) in [6, 6.07) is 16.1. The summed E-state index contributed by atoms with van der Waals surface area (Å²) in [5.74, 6) is 0.255. The monoisotopic (exact) mass is 404 g/mol. The van der Waals surface area contributed by atoms with E-state index in [0.29, 0.717) is 22.8 Å². The van der Waals surface area contributed by atoms with Crippen LogP contribution in [0.2, 0.25) is 0 Å². The lowest BCUT2D eigenvalue weighted by Gasteiger charge is -2.31. The van der Waals surface area contributed by atoms with E-state index in [1.165, 1.54) is 6.07 Å². The molecule has 154 valence electrons. The zero-order valence-electron chi connectivity index (χ0n) is 16.8. The predicted molar refractivity (Wildman–Crippen MR) is 117 cm³/mol. The highest BCUT2D eigenvalue weighted by molar-refractivity contribution is 6.04. The van der Waals surface area contributed by atoms with Crippen LogP contribution in [0.4, 0.5) is 11.4 Å². The molecule has 0 spiro atoms. The molecular formula is C23H24N4O3. The first-order valence-corrected chi connectivity index (χ1v) is 10.0. The second-order valence-corrected chi connectivity index (χ2v) is 7.54. The van der Waals surface area contributed by atoms with Gasteiger partial charge >= 0.3 is 0 Å². The number of piperidine rings is 1. The van der Waals surface area contributed by atoms with Gasteiger partial charge in [0.25, 0.3) is 11.5 Å². The van der Waals surface area contributed by atoms with E-state index in [-0.39, 0.29) is 17.6 Å². The summed E-state index contributed by atoms with van der Waals surface area (Å²) in [5.41, 5.74) is 3.37. The zero-order chi connectivity index (χ0) is 21.1. The van der Waals surface area contributed by atoms with Crippen LogP contribution in [0.15, 0.2) is 59.4 Å². The van der Waals surface area contributed by atoms with E-state index in [4.69, 9.17) is 0 Å². The normalized spacial score (nSPS) is 14.5. The minimum absolute atomic E-state index is 0.210. The molecule has 1 saturated heterocycles. The Balaban J connectivity index is 1.47. The first-order chi connectivity index (χ1) is 14.5. The average molecular weight is 404 g/mol. The molecule has 7 heteroatoms. The van der Waals surface area contributed by atoms with Crippen molar-refractivity contribution in [3.05, 3.63) is 76.2 Å². The molecule has 4 rings (SSSR count). The van der Waals surface area contributed by atoms with Gasteiger partial charge in [-0.1, -0.05) is 12.1 Å². The van der Waals surface area contributed by atoms with Gasteiger partial charge in [0.05, 0.1) is 6.10 Å². The summed E-state index contributed by atoms with van der Waals surface area (Å²) in [6.07, 6.45) is 1.31. The molecule has 0 bridgehead atoms. The second kappa shape index (κ2) is 8.51. The van der Waals surface area contributed by atoms with Crippen molar-refractivity contribution in [1.29, 1.82) is 0 Å². The minimum atomic E-state index is -0.213. The molecule has 0 saturated carbocycles. The molecule has 0 atom stereocenters. The molecule has 7 nitrogen and oxygen atoms in total. The van der Waals surface area contributed by atoms with Crippen LogP contribution < -0.4 is 15.8 Å². The fourth-order valence-electron chi connectivity index (χ4n) is 3.61. The number of carbonyl (C=O) groups excluding carboxylic acids is 1. The summed E-state index contributed by atoms with van der Waals surface area (Å²) in [4.78, 5) is 33.7. The van der Waals surface area contributed by atoms with Gasteiger partial charge in [0, 0.05) is 47.4 Å². The van der Waals surface area contributed by atoms with Crippen LogP contribution in [0, 0.1) is 6.92 Å². The second-order valence-electron chi connectivity index (χ2n) is 7.54. The summed E-state index contributed by atoms with van der Waals surface area (Å²) >= 11 is 0. The first-order valence-electron chi connectivity index (χ1n) is 10.0. The number of hydrogen-bond acceptors (Lipinski definition) is 5. The molecule has 0 unspecified atom stereocenters. The largest absolute Gasteiger partial charge is 0.393 e. The number of rotatable bonds is 4. The van der Waals surface area contributed by atoms with E-state index in [9.17, 15) is 14.7 Å². The SMILES string of the molecule is Cc1cc(=O)[nH]c(-c2cccc(NC(=O)c3ccc(N4CCC(O)CC4)cc3)c2)n1. The van der Waals surface area contributed by atoms with Crippen molar-refractivity contribution < 1.29 is 9.90 Å². The van der Waals surface area contributed by atoms with E-state index in [1.54, 1.807) is 37.3 Å². The number of hydrogen-bond donors (Lipinski definition) is 3. The molecule has 2 heterocycles. The molecule has 3 N–H and O–H groups in total. The Bertz CT molecular complexity index is 1100. The number of H-pyrrole nitrogens is 1. The molecule has 1 aliphatic rings. The van der Waals surface area contributed by atoms with Crippen LogP contribution in [0.25, 0.3) is 11.4 Å². The molecular weight excluding hydrogens is 380 g/mol. The maximum Gasteiger partial charge on any atom is 0.255 e. The van der Waals surface area contributed by atoms with Gasteiger partial charge in [0.2, 0.25) is 0 Å². The maximum atomic E-state index is 12.7. The number of carbonyl (C=O) groups is 1. The average Bonchev–Trinajstić information content (AvgIpc) is 2.74. The van der Waals surface area contributed by atoms with Crippen LogP contribution in [-0.4, -0.2) is 40.2 Å². The molecule has 1 aromatic heterocycles. The van der Waals surface area contributed by atoms with E-state index >= 15 is 0 Å². The molecule has 1 amide bonds. The minimum Gasteiger partial charge on any atom is -0.393 e. The number of aromatic nitrogens is 2. The van der Waals surface area contributed by atoms with Gasteiger partial charge in [-0.25, -0.2) is 4.98 Å². The Morgan fingerprint density at radius 3 is 2.57 bits per heavy atom. The van der Waals surface area contributed by atoms with Gasteiger partial charge in [0.1, 0.15) is 5.82 Å². The molecule has 0 radical (unpaired) electrons. The number of aliphatic hydroxyl groups is 1. The third kappa shape index (κ3) is 4.58. The van der Waals surface area contributed by atoms with Gasteiger partial charge in [0.15, 0.2) is 0 Å². The third-order valence-corrected chi connectivity index (χ3v) is 5.22. The zero-order valence-corrected chi connectivity index (χ0v) is 16.8. The number of aromatic amines is 1. The van der Waals surface area contributed by atoms with Crippen molar-refractivity contribution in [3.63, 3.8) is 0 Å². The Morgan fingerprint density at radius 1 is 1.13 bits per heavy atom. The number of anilines is 2. The summed E-state index contributed by atoms with van der Waals surface area (Å²) in [6.45, 7) is 3.39. The van der Waals surface area contributed by atoms with Crippen molar-refractivity contribution in [2.45, 2.75) is 25.9 Å². The standard InChI is InChI=1S/C23H24N4O3/c1-15-13-21(29)26-22(24-15)17-3-2-4-18(14-17)25-23(30)16-5-7-19(8-6-16)27-11-9-20(28)10-12-27/h2-8,13-14,20,28H,9-12H2,1H3,(H,25,30)(H,24,26,29). The number of aliphatic hydroxyl groups excluding tert-OH is 1. The van der Waals surface area contributed by atoms with E-state index in [1.807, 2.05) is 18.2 Å². The van der Waals surface area contributed by atoms with E-state index in [0.717, 1.165) is 37.2 Å². The molecule has 3 aromatic rings. The third-order valence-electron chi connectivity index (χ3n) is 5.22. The summed E-state index contributed by atoms with van der Waals surface area (Å²) in [7, 11) is 0. The van der Waals surface area contributed by atoms with E-state index < -0.39 is 0 Å². The highest BCUT2D eigenvalue weighted by atomic mass is 16.3. The van der Waals surface area contributed by atoms with Crippen LogP contribution in [-0.2, 0) is 0 Å². The Hall–Kier alpha value is -3.45.